The number of nitrogens with zero attached hydrogens (tertiary/aromatic N) is 3. The van der Waals surface area contributed by atoms with Crippen LogP contribution in [0.5, 0.6) is 5.75 Å². The maximum absolute atomic E-state index is 12.6. The fourth-order valence-electron chi connectivity index (χ4n) is 3.05. The fourth-order valence-corrected chi connectivity index (χ4v) is 3.05. The summed E-state index contributed by atoms with van der Waals surface area (Å²) < 4.78 is 7.32. The Kier molecular flexibility index (Phi) is 5.85. The Balaban J connectivity index is 1.52. The van der Waals surface area contributed by atoms with Crippen LogP contribution in [0.25, 0.3) is 17.1 Å². The number of para-hydroxylation sites is 1. The van der Waals surface area contributed by atoms with E-state index in [9.17, 15) is 4.79 Å². The summed E-state index contributed by atoms with van der Waals surface area (Å²) in [6, 6.07) is 27.1. The van der Waals surface area contributed by atoms with E-state index < -0.39 is 0 Å². The average Bonchev–Trinajstić information content (AvgIpc) is 3.24. The van der Waals surface area contributed by atoms with Gasteiger partial charge in [-0.1, -0.05) is 60.7 Å². The molecule has 0 unspecified atom stereocenters. The molecular formula is C24H22N4O2. The van der Waals surface area contributed by atoms with Gasteiger partial charge in [-0.2, -0.15) is 0 Å². The molecule has 3 aromatic carbocycles. The van der Waals surface area contributed by atoms with Crippen molar-refractivity contribution in [1.82, 2.24) is 20.1 Å². The highest BCUT2D eigenvalue weighted by atomic mass is 16.5. The first-order valence-corrected chi connectivity index (χ1v) is 9.76. The molecule has 1 N–H and O–H groups in total. The molecule has 150 valence electrons. The summed E-state index contributed by atoms with van der Waals surface area (Å²) in [7, 11) is 0. The van der Waals surface area contributed by atoms with Crippen LogP contribution in [-0.4, -0.2) is 33.8 Å². The van der Waals surface area contributed by atoms with Crippen molar-refractivity contribution >= 4 is 5.91 Å². The van der Waals surface area contributed by atoms with Crippen LogP contribution in [0, 0.1) is 6.92 Å². The SMILES string of the molecule is Cc1cccc(-n2nc(C(=O)NCCOc3ccccc3)nc2-c2ccccc2)c1. The first-order chi connectivity index (χ1) is 14.7. The number of benzene rings is 3. The second kappa shape index (κ2) is 9.05. The normalized spacial score (nSPS) is 10.6. The number of ether oxygens (including phenoxy) is 1. The molecule has 0 bridgehead atoms. The average molecular weight is 398 g/mol. The molecule has 0 atom stereocenters. The highest BCUT2D eigenvalue weighted by molar-refractivity contribution is 5.91. The van der Waals surface area contributed by atoms with Gasteiger partial charge in [0.05, 0.1) is 12.2 Å². The van der Waals surface area contributed by atoms with E-state index >= 15 is 0 Å². The highest BCUT2D eigenvalue weighted by Crippen LogP contribution is 2.21. The quantitative estimate of drug-likeness (QED) is 0.477. The summed E-state index contributed by atoms with van der Waals surface area (Å²) in [5.41, 5.74) is 2.84. The minimum Gasteiger partial charge on any atom is -0.492 e. The predicted octanol–water partition coefficient (Wildman–Crippen LogP) is 4.05. The first-order valence-electron chi connectivity index (χ1n) is 9.76. The lowest BCUT2D eigenvalue weighted by Gasteiger charge is -2.06. The van der Waals surface area contributed by atoms with Crippen molar-refractivity contribution in [2.75, 3.05) is 13.2 Å². The third-order valence-corrected chi connectivity index (χ3v) is 4.49. The molecule has 6 heteroatoms. The van der Waals surface area contributed by atoms with Crippen molar-refractivity contribution in [3.8, 4) is 22.8 Å². The molecule has 0 aliphatic rings. The minimum absolute atomic E-state index is 0.120. The molecule has 4 aromatic rings. The monoisotopic (exact) mass is 398 g/mol. The van der Waals surface area contributed by atoms with Gasteiger partial charge in [-0.25, -0.2) is 9.67 Å². The Morgan fingerprint density at radius 3 is 2.43 bits per heavy atom. The van der Waals surface area contributed by atoms with Crippen molar-refractivity contribution in [1.29, 1.82) is 0 Å². The summed E-state index contributed by atoms with van der Waals surface area (Å²) in [5, 5.41) is 7.31. The van der Waals surface area contributed by atoms with Crippen molar-refractivity contribution in [2.24, 2.45) is 0 Å². The van der Waals surface area contributed by atoms with Crippen LogP contribution in [-0.2, 0) is 0 Å². The third-order valence-electron chi connectivity index (χ3n) is 4.49. The van der Waals surface area contributed by atoms with E-state index in [1.807, 2.05) is 91.9 Å². The number of nitrogens with one attached hydrogen (secondary N) is 1. The first kappa shape index (κ1) is 19.4. The van der Waals surface area contributed by atoms with Gasteiger partial charge >= 0.3 is 0 Å². The van der Waals surface area contributed by atoms with Crippen LogP contribution in [0.1, 0.15) is 16.2 Å². The van der Waals surface area contributed by atoms with E-state index in [-0.39, 0.29) is 11.7 Å². The number of aromatic nitrogens is 3. The number of carbonyl (C=O) groups excluding carboxylic acids is 1. The van der Waals surface area contributed by atoms with Gasteiger partial charge in [-0.3, -0.25) is 4.79 Å². The number of amides is 1. The second-order valence-corrected chi connectivity index (χ2v) is 6.79. The van der Waals surface area contributed by atoms with Gasteiger partial charge in [0.1, 0.15) is 12.4 Å². The second-order valence-electron chi connectivity index (χ2n) is 6.79. The molecule has 1 amide bonds. The summed E-state index contributed by atoms with van der Waals surface area (Å²) in [5.74, 6) is 1.16. The van der Waals surface area contributed by atoms with Gasteiger partial charge in [0.25, 0.3) is 5.91 Å². The molecule has 0 saturated heterocycles. The number of hydrogen-bond acceptors (Lipinski definition) is 4. The van der Waals surface area contributed by atoms with Gasteiger partial charge < -0.3 is 10.1 Å². The number of hydrogen-bond donors (Lipinski definition) is 1. The Bertz CT molecular complexity index is 1120. The molecule has 0 fully saturated rings. The molecule has 6 nitrogen and oxygen atoms in total. The molecular weight excluding hydrogens is 376 g/mol. The Labute approximate surface area is 175 Å². The van der Waals surface area contributed by atoms with Gasteiger partial charge in [0.15, 0.2) is 5.82 Å². The van der Waals surface area contributed by atoms with Crippen molar-refractivity contribution in [2.45, 2.75) is 6.92 Å². The molecule has 0 saturated carbocycles. The zero-order valence-electron chi connectivity index (χ0n) is 16.7. The summed E-state index contributed by atoms with van der Waals surface area (Å²) >= 11 is 0. The van der Waals surface area contributed by atoms with Crippen LogP contribution in [0.3, 0.4) is 0 Å². The van der Waals surface area contributed by atoms with E-state index in [1.54, 1.807) is 4.68 Å². The van der Waals surface area contributed by atoms with Crippen LogP contribution < -0.4 is 10.1 Å². The molecule has 0 spiro atoms. The van der Waals surface area contributed by atoms with Gasteiger partial charge in [0.2, 0.25) is 5.82 Å². The molecule has 30 heavy (non-hydrogen) atoms. The Hall–Kier alpha value is -3.93. The van der Waals surface area contributed by atoms with Gasteiger partial charge in [-0.15, -0.1) is 5.10 Å². The third kappa shape index (κ3) is 4.55. The zero-order chi connectivity index (χ0) is 20.8. The van der Waals surface area contributed by atoms with E-state index in [0.717, 1.165) is 22.6 Å². The fraction of sp³-hybridized carbons (Fsp3) is 0.125. The molecule has 1 heterocycles. The Morgan fingerprint density at radius 2 is 1.70 bits per heavy atom. The zero-order valence-corrected chi connectivity index (χ0v) is 16.7. The standard InChI is InChI=1S/C24H22N4O2/c1-18-9-8-12-20(17-18)28-23(19-10-4-2-5-11-19)26-22(27-28)24(29)25-15-16-30-21-13-6-3-7-14-21/h2-14,17H,15-16H2,1H3,(H,25,29). The topological polar surface area (TPSA) is 69.0 Å². The molecule has 0 aliphatic heterocycles. The van der Waals surface area contributed by atoms with Crippen molar-refractivity contribution < 1.29 is 9.53 Å². The van der Waals surface area contributed by atoms with Crippen molar-refractivity contribution in [3.63, 3.8) is 0 Å². The lowest BCUT2D eigenvalue weighted by Crippen LogP contribution is -2.29. The molecule has 4 rings (SSSR count). The number of carbonyl (C=O) groups is 1. The lowest BCUT2D eigenvalue weighted by molar-refractivity contribution is 0.0936. The summed E-state index contributed by atoms with van der Waals surface area (Å²) in [6.07, 6.45) is 0. The highest BCUT2D eigenvalue weighted by Gasteiger charge is 2.18. The lowest BCUT2D eigenvalue weighted by atomic mass is 10.2. The molecule has 1 aromatic heterocycles. The van der Waals surface area contributed by atoms with E-state index in [1.165, 1.54) is 0 Å². The summed E-state index contributed by atoms with van der Waals surface area (Å²) in [4.78, 5) is 17.2. The van der Waals surface area contributed by atoms with E-state index in [4.69, 9.17) is 4.74 Å². The number of rotatable bonds is 7. The van der Waals surface area contributed by atoms with Gasteiger partial charge in [-0.05, 0) is 36.8 Å². The maximum Gasteiger partial charge on any atom is 0.291 e. The van der Waals surface area contributed by atoms with E-state index in [2.05, 4.69) is 15.4 Å². The molecule has 0 aliphatic carbocycles. The maximum atomic E-state index is 12.6. The van der Waals surface area contributed by atoms with Crippen molar-refractivity contribution in [3.05, 3.63) is 96.3 Å². The van der Waals surface area contributed by atoms with E-state index in [0.29, 0.717) is 19.0 Å². The van der Waals surface area contributed by atoms with Crippen LogP contribution in [0.15, 0.2) is 84.9 Å². The predicted molar refractivity (Wildman–Crippen MR) is 116 cm³/mol. The smallest absolute Gasteiger partial charge is 0.291 e. The van der Waals surface area contributed by atoms with Crippen LogP contribution in [0.2, 0.25) is 0 Å². The molecule has 0 radical (unpaired) electrons. The number of aryl methyl sites for hydroxylation is 1. The Morgan fingerprint density at radius 1 is 0.967 bits per heavy atom. The minimum atomic E-state index is -0.338. The summed E-state index contributed by atoms with van der Waals surface area (Å²) in [6.45, 7) is 2.73. The van der Waals surface area contributed by atoms with Crippen LogP contribution >= 0.6 is 0 Å². The largest absolute Gasteiger partial charge is 0.492 e. The van der Waals surface area contributed by atoms with Crippen LogP contribution in [0.4, 0.5) is 0 Å². The van der Waals surface area contributed by atoms with Gasteiger partial charge in [0, 0.05) is 5.56 Å².